The van der Waals surface area contributed by atoms with Crippen LogP contribution >= 0.6 is 11.3 Å². The van der Waals surface area contributed by atoms with Crippen LogP contribution in [0.3, 0.4) is 0 Å². The first-order chi connectivity index (χ1) is 16.8. The Morgan fingerprint density at radius 3 is 2.47 bits per heavy atom. The Morgan fingerprint density at radius 1 is 0.941 bits per heavy atom. The van der Waals surface area contributed by atoms with E-state index in [1.54, 1.807) is 11.3 Å². The van der Waals surface area contributed by atoms with Crippen LogP contribution in [0.4, 0.5) is 5.13 Å². The van der Waals surface area contributed by atoms with Gasteiger partial charge in [-0.25, -0.2) is 0 Å². The molecule has 8 nitrogen and oxygen atoms in total. The zero-order valence-electron chi connectivity index (χ0n) is 20.3. The molecule has 2 saturated heterocycles. The maximum atomic E-state index is 12.9. The molecule has 3 aliphatic rings. The standard InChI is InChI=1S/C25H39N7OS/c33-23(26-12-8-13-29-17-19-30(20-18-29)21-9-3-1-4-10-21)22-11-7-16-32(22)25-28-27-24(34-25)31-14-5-2-6-15-31/h7,11,16,21H,1-6,8-10,12-15,17-20H2,(H,26,33). The first kappa shape index (κ1) is 23.8. The Morgan fingerprint density at radius 2 is 1.68 bits per heavy atom. The van der Waals surface area contributed by atoms with E-state index in [-0.39, 0.29) is 5.91 Å². The van der Waals surface area contributed by atoms with Crippen molar-refractivity contribution in [2.75, 3.05) is 57.3 Å². The predicted octanol–water partition coefficient (Wildman–Crippen LogP) is 3.39. The average molecular weight is 486 g/mol. The third kappa shape index (κ3) is 5.80. The van der Waals surface area contributed by atoms with Gasteiger partial charge in [0, 0.05) is 58.1 Å². The monoisotopic (exact) mass is 485 g/mol. The van der Waals surface area contributed by atoms with E-state index in [1.807, 2.05) is 22.9 Å². The van der Waals surface area contributed by atoms with Crippen molar-refractivity contribution >= 4 is 22.4 Å². The molecule has 9 heteroatoms. The summed E-state index contributed by atoms with van der Waals surface area (Å²) in [6.45, 7) is 8.55. The molecule has 0 spiro atoms. The maximum absolute atomic E-state index is 12.9. The Bertz CT molecular complexity index is 908. The van der Waals surface area contributed by atoms with E-state index in [0.717, 1.165) is 55.4 Å². The van der Waals surface area contributed by atoms with Gasteiger partial charge in [0.25, 0.3) is 5.91 Å². The highest BCUT2D eigenvalue weighted by Crippen LogP contribution is 2.27. The summed E-state index contributed by atoms with van der Waals surface area (Å²) in [7, 11) is 0. The van der Waals surface area contributed by atoms with Crippen LogP contribution in [0.2, 0.25) is 0 Å². The van der Waals surface area contributed by atoms with Crippen molar-refractivity contribution in [3.63, 3.8) is 0 Å². The number of nitrogens with zero attached hydrogens (tertiary/aromatic N) is 6. The molecule has 2 aliphatic heterocycles. The molecule has 0 unspecified atom stereocenters. The lowest BCUT2D eigenvalue weighted by Gasteiger charge is -2.40. The molecule has 2 aromatic heterocycles. The van der Waals surface area contributed by atoms with E-state index in [2.05, 4.69) is 30.2 Å². The van der Waals surface area contributed by atoms with Crippen LogP contribution in [-0.2, 0) is 0 Å². The van der Waals surface area contributed by atoms with Crippen LogP contribution in [0.15, 0.2) is 18.3 Å². The number of amides is 1. The molecule has 2 aromatic rings. The fourth-order valence-corrected chi connectivity index (χ4v) is 6.54. The number of hydrogen-bond donors (Lipinski definition) is 1. The van der Waals surface area contributed by atoms with Crippen molar-refractivity contribution in [3.05, 3.63) is 24.0 Å². The fraction of sp³-hybridized carbons (Fsp3) is 0.720. The van der Waals surface area contributed by atoms with E-state index in [1.165, 1.54) is 64.5 Å². The number of anilines is 1. The van der Waals surface area contributed by atoms with Crippen LogP contribution in [0, 0.1) is 0 Å². The summed E-state index contributed by atoms with van der Waals surface area (Å²) in [6.07, 6.45) is 13.6. The van der Waals surface area contributed by atoms with Crippen LogP contribution in [-0.4, -0.2) is 88.9 Å². The third-order valence-electron chi connectivity index (χ3n) is 7.65. The van der Waals surface area contributed by atoms with Crippen LogP contribution in [0.5, 0.6) is 0 Å². The van der Waals surface area contributed by atoms with E-state index < -0.39 is 0 Å². The highest BCUT2D eigenvalue weighted by Gasteiger charge is 2.25. The number of aromatic nitrogens is 3. The fourth-order valence-electron chi connectivity index (χ4n) is 5.64. The Hall–Kier alpha value is -1.97. The molecular weight excluding hydrogens is 446 g/mol. The molecule has 186 valence electrons. The van der Waals surface area contributed by atoms with Gasteiger partial charge in [-0.05, 0) is 57.2 Å². The average Bonchev–Trinajstić information content (AvgIpc) is 3.58. The van der Waals surface area contributed by atoms with Gasteiger partial charge in [-0.2, -0.15) is 0 Å². The summed E-state index contributed by atoms with van der Waals surface area (Å²) in [6, 6.07) is 4.60. The van der Waals surface area contributed by atoms with Gasteiger partial charge < -0.3 is 15.1 Å². The zero-order chi connectivity index (χ0) is 23.2. The normalized spacial score (nSPS) is 21.1. The van der Waals surface area contributed by atoms with E-state index >= 15 is 0 Å². The summed E-state index contributed by atoms with van der Waals surface area (Å²) in [5.41, 5.74) is 0.627. The minimum absolute atomic E-state index is 0.0400. The Balaban J connectivity index is 1.05. The number of piperidine rings is 1. The molecule has 5 rings (SSSR count). The van der Waals surface area contributed by atoms with E-state index in [9.17, 15) is 4.79 Å². The summed E-state index contributed by atoms with van der Waals surface area (Å²) < 4.78 is 1.87. The summed E-state index contributed by atoms with van der Waals surface area (Å²) in [5.74, 6) is -0.0400. The van der Waals surface area contributed by atoms with Gasteiger partial charge in [0.2, 0.25) is 10.3 Å². The minimum Gasteiger partial charge on any atom is -0.351 e. The molecule has 1 N–H and O–H groups in total. The van der Waals surface area contributed by atoms with Crippen LogP contribution < -0.4 is 10.2 Å². The summed E-state index contributed by atoms with van der Waals surface area (Å²) in [4.78, 5) is 20.5. The van der Waals surface area contributed by atoms with Gasteiger partial charge in [0.05, 0.1) is 0 Å². The largest absolute Gasteiger partial charge is 0.351 e. The lowest BCUT2D eigenvalue weighted by atomic mass is 9.94. The lowest BCUT2D eigenvalue weighted by Crippen LogP contribution is -2.51. The zero-order valence-corrected chi connectivity index (χ0v) is 21.1. The quantitative estimate of drug-likeness (QED) is 0.578. The van der Waals surface area contributed by atoms with Crippen molar-refractivity contribution in [3.8, 4) is 5.13 Å². The second-order valence-corrected chi connectivity index (χ2v) is 10.9. The second kappa shape index (κ2) is 11.6. The van der Waals surface area contributed by atoms with Gasteiger partial charge >= 0.3 is 0 Å². The van der Waals surface area contributed by atoms with E-state index in [0.29, 0.717) is 12.2 Å². The number of carbonyl (C=O) groups excluding carboxylic acids is 1. The first-order valence-electron chi connectivity index (χ1n) is 13.3. The molecule has 1 aliphatic carbocycles. The van der Waals surface area contributed by atoms with Crippen molar-refractivity contribution in [2.24, 2.45) is 0 Å². The highest BCUT2D eigenvalue weighted by molar-refractivity contribution is 7.17. The molecule has 0 bridgehead atoms. The number of nitrogens with one attached hydrogen (secondary N) is 1. The molecular formula is C25H39N7OS. The molecule has 0 aromatic carbocycles. The minimum atomic E-state index is -0.0400. The lowest BCUT2D eigenvalue weighted by molar-refractivity contribution is 0.0779. The summed E-state index contributed by atoms with van der Waals surface area (Å²) >= 11 is 1.56. The smallest absolute Gasteiger partial charge is 0.268 e. The molecule has 0 atom stereocenters. The second-order valence-electron chi connectivity index (χ2n) is 9.96. The number of hydrogen-bond acceptors (Lipinski definition) is 7. The SMILES string of the molecule is O=C(NCCCN1CCN(C2CCCCC2)CC1)c1cccn1-c1nnc(N2CCCCC2)s1. The molecule has 34 heavy (non-hydrogen) atoms. The van der Waals surface area contributed by atoms with Gasteiger partial charge in [0.15, 0.2) is 0 Å². The molecule has 3 fully saturated rings. The van der Waals surface area contributed by atoms with Crippen molar-refractivity contribution in [2.45, 2.75) is 63.8 Å². The maximum Gasteiger partial charge on any atom is 0.268 e. The van der Waals surface area contributed by atoms with Crippen LogP contribution in [0.1, 0.15) is 68.3 Å². The topological polar surface area (TPSA) is 69.5 Å². The summed E-state index contributed by atoms with van der Waals surface area (Å²) in [5, 5.41) is 13.6. The third-order valence-corrected chi connectivity index (χ3v) is 8.64. The van der Waals surface area contributed by atoms with Crippen LogP contribution in [0.25, 0.3) is 5.13 Å². The molecule has 1 amide bonds. The molecule has 0 radical (unpaired) electrons. The first-order valence-corrected chi connectivity index (χ1v) is 14.1. The Kier molecular flexibility index (Phi) is 8.13. The number of piperazine rings is 1. The number of carbonyl (C=O) groups is 1. The number of rotatable bonds is 8. The van der Waals surface area contributed by atoms with Gasteiger partial charge in [-0.1, -0.05) is 30.6 Å². The van der Waals surface area contributed by atoms with Crippen molar-refractivity contribution < 1.29 is 4.79 Å². The van der Waals surface area contributed by atoms with Crippen molar-refractivity contribution in [1.82, 2.24) is 29.9 Å². The van der Waals surface area contributed by atoms with Gasteiger partial charge in [-0.15, -0.1) is 10.2 Å². The van der Waals surface area contributed by atoms with Gasteiger partial charge in [0.1, 0.15) is 5.69 Å². The highest BCUT2D eigenvalue weighted by atomic mass is 32.1. The van der Waals surface area contributed by atoms with E-state index in [4.69, 9.17) is 0 Å². The van der Waals surface area contributed by atoms with Gasteiger partial charge in [-0.3, -0.25) is 14.3 Å². The molecule has 1 saturated carbocycles. The van der Waals surface area contributed by atoms with Crippen molar-refractivity contribution in [1.29, 1.82) is 0 Å². The predicted molar refractivity (Wildman–Crippen MR) is 137 cm³/mol. The molecule has 4 heterocycles. The Labute approximate surface area is 207 Å².